The fourth-order valence-corrected chi connectivity index (χ4v) is 4.91. The van der Waals surface area contributed by atoms with Crippen molar-refractivity contribution in [1.29, 1.82) is 0 Å². The Morgan fingerprint density at radius 1 is 1.18 bits per heavy atom. The van der Waals surface area contributed by atoms with Crippen molar-refractivity contribution < 1.29 is 4.79 Å². The molecular weight excluding hydrogens is 412 g/mol. The molecule has 5 rings (SSSR count). The summed E-state index contributed by atoms with van der Waals surface area (Å²) in [6.45, 7) is 5.44. The van der Waals surface area contributed by atoms with Crippen molar-refractivity contribution in [3.63, 3.8) is 0 Å². The Morgan fingerprint density at radius 2 is 2.00 bits per heavy atom. The van der Waals surface area contributed by atoms with Crippen molar-refractivity contribution in [3.05, 3.63) is 89.1 Å². The van der Waals surface area contributed by atoms with E-state index in [9.17, 15) is 4.79 Å². The molecule has 0 spiro atoms. The van der Waals surface area contributed by atoms with Gasteiger partial charge in [0.05, 0.1) is 28.8 Å². The van der Waals surface area contributed by atoms with Gasteiger partial charge in [-0.3, -0.25) is 14.8 Å². The van der Waals surface area contributed by atoms with Gasteiger partial charge in [0.1, 0.15) is 5.65 Å². The number of H-pyrrole nitrogens is 1. The van der Waals surface area contributed by atoms with Crippen LogP contribution in [0.3, 0.4) is 0 Å². The van der Waals surface area contributed by atoms with Crippen molar-refractivity contribution in [1.82, 2.24) is 29.4 Å². The van der Waals surface area contributed by atoms with Gasteiger partial charge < -0.3 is 9.30 Å². The molecule has 1 aliphatic rings. The molecule has 1 amide bonds. The highest BCUT2D eigenvalue weighted by Gasteiger charge is 2.28. The minimum Gasteiger partial charge on any atom is -0.337 e. The van der Waals surface area contributed by atoms with E-state index in [-0.39, 0.29) is 11.8 Å². The lowest BCUT2D eigenvalue weighted by molar-refractivity contribution is 0.0782. The van der Waals surface area contributed by atoms with Crippen molar-refractivity contribution in [2.24, 2.45) is 0 Å². The van der Waals surface area contributed by atoms with Crippen molar-refractivity contribution in [3.8, 4) is 0 Å². The summed E-state index contributed by atoms with van der Waals surface area (Å²) < 4.78 is 2.18. The first kappa shape index (κ1) is 21.4. The maximum atomic E-state index is 13.2. The SMILES string of the molecule is Cc1nc2ccccn2c1CN1CCCC(c2[nH]ncc2C(=O)N(C)Cc2ccccc2)C1. The van der Waals surface area contributed by atoms with Crippen LogP contribution in [-0.4, -0.2) is 55.4 Å². The lowest BCUT2D eigenvalue weighted by Gasteiger charge is -2.32. The Morgan fingerprint density at radius 3 is 2.85 bits per heavy atom. The number of hydrogen-bond donors (Lipinski definition) is 1. The van der Waals surface area contributed by atoms with Crippen molar-refractivity contribution >= 4 is 11.6 Å². The van der Waals surface area contributed by atoms with E-state index in [1.54, 1.807) is 11.1 Å². The molecule has 1 aliphatic heterocycles. The maximum absolute atomic E-state index is 13.2. The Kier molecular flexibility index (Phi) is 5.96. The molecule has 0 aliphatic carbocycles. The standard InChI is InChI=1S/C26H30N6O/c1-19-23(32-14-7-6-12-24(32)28-19)18-31-13-8-11-21(17-31)25-22(15-27-29-25)26(33)30(2)16-20-9-4-3-5-10-20/h3-7,9-10,12,14-15,21H,8,11,13,16-18H2,1-2H3,(H,27,29). The molecule has 1 unspecified atom stereocenters. The van der Waals surface area contributed by atoms with Gasteiger partial charge in [-0.2, -0.15) is 5.10 Å². The number of carbonyl (C=O) groups excluding carboxylic acids is 1. The number of likely N-dealkylation sites (tertiary alicyclic amines) is 1. The van der Waals surface area contributed by atoms with Gasteiger partial charge in [-0.05, 0) is 44.0 Å². The van der Waals surface area contributed by atoms with E-state index >= 15 is 0 Å². The number of nitrogens with zero attached hydrogens (tertiary/aromatic N) is 5. The third-order valence-electron chi connectivity index (χ3n) is 6.62. The van der Waals surface area contributed by atoms with Crippen molar-refractivity contribution in [2.45, 2.75) is 38.8 Å². The number of hydrogen-bond acceptors (Lipinski definition) is 4. The summed E-state index contributed by atoms with van der Waals surface area (Å²) in [6, 6.07) is 16.2. The van der Waals surface area contributed by atoms with E-state index in [1.807, 2.05) is 55.6 Å². The number of amides is 1. The highest BCUT2D eigenvalue weighted by molar-refractivity contribution is 5.95. The summed E-state index contributed by atoms with van der Waals surface area (Å²) in [5, 5.41) is 7.41. The average molecular weight is 443 g/mol. The summed E-state index contributed by atoms with van der Waals surface area (Å²) >= 11 is 0. The first-order valence-electron chi connectivity index (χ1n) is 11.6. The van der Waals surface area contributed by atoms with Gasteiger partial charge in [0.25, 0.3) is 5.91 Å². The number of rotatable bonds is 6. The van der Waals surface area contributed by atoms with Crippen LogP contribution in [0.2, 0.25) is 0 Å². The molecule has 33 heavy (non-hydrogen) atoms. The molecule has 1 fully saturated rings. The fourth-order valence-electron chi connectivity index (χ4n) is 4.91. The number of piperidine rings is 1. The molecule has 3 aromatic heterocycles. The molecule has 7 heteroatoms. The van der Waals surface area contributed by atoms with E-state index in [0.29, 0.717) is 12.1 Å². The Bertz CT molecular complexity index is 1240. The minimum absolute atomic E-state index is 0.0114. The molecule has 4 aromatic rings. The van der Waals surface area contributed by atoms with Gasteiger partial charge in [-0.15, -0.1) is 0 Å². The molecule has 170 valence electrons. The summed E-state index contributed by atoms with van der Waals surface area (Å²) in [7, 11) is 1.85. The Hall–Kier alpha value is -3.45. The number of nitrogens with one attached hydrogen (secondary N) is 1. The van der Waals surface area contributed by atoms with Gasteiger partial charge in [-0.25, -0.2) is 4.98 Å². The van der Waals surface area contributed by atoms with Crippen LogP contribution in [0.5, 0.6) is 0 Å². The molecule has 7 nitrogen and oxygen atoms in total. The predicted octanol–water partition coefficient (Wildman–Crippen LogP) is 4.02. The first-order chi connectivity index (χ1) is 16.1. The third-order valence-corrected chi connectivity index (χ3v) is 6.62. The molecule has 1 aromatic carbocycles. The number of carbonyl (C=O) groups is 1. The smallest absolute Gasteiger partial charge is 0.257 e. The number of benzene rings is 1. The normalized spacial score (nSPS) is 16.8. The molecule has 0 radical (unpaired) electrons. The predicted molar refractivity (Wildman–Crippen MR) is 128 cm³/mol. The third kappa shape index (κ3) is 4.41. The quantitative estimate of drug-likeness (QED) is 0.490. The molecule has 1 atom stereocenters. The van der Waals surface area contributed by atoms with Crippen LogP contribution in [0.15, 0.2) is 60.9 Å². The van der Waals surface area contributed by atoms with Gasteiger partial charge in [0, 0.05) is 38.8 Å². The number of fused-ring (bicyclic) bond motifs is 1. The number of pyridine rings is 1. The second-order valence-corrected chi connectivity index (χ2v) is 8.99. The zero-order valence-electron chi connectivity index (χ0n) is 19.2. The molecule has 1 N–H and O–H groups in total. The highest BCUT2D eigenvalue weighted by atomic mass is 16.2. The zero-order chi connectivity index (χ0) is 22.8. The van der Waals surface area contributed by atoms with Crippen LogP contribution in [-0.2, 0) is 13.1 Å². The summed E-state index contributed by atoms with van der Waals surface area (Å²) in [6.07, 6.45) is 5.91. The Labute approximate surface area is 194 Å². The Balaban J connectivity index is 1.31. The fraction of sp³-hybridized carbons (Fsp3) is 0.346. The van der Waals surface area contributed by atoms with E-state index < -0.39 is 0 Å². The lowest BCUT2D eigenvalue weighted by Crippen LogP contribution is -2.35. The van der Waals surface area contributed by atoms with Crippen LogP contribution in [0.4, 0.5) is 0 Å². The first-order valence-corrected chi connectivity index (χ1v) is 11.6. The number of aryl methyl sites for hydroxylation is 1. The highest BCUT2D eigenvalue weighted by Crippen LogP contribution is 2.30. The van der Waals surface area contributed by atoms with E-state index in [2.05, 4.69) is 32.6 Å². The summed E-state index contributed by atoms with van der Waals surface area (Å²) in [5.74, 6) is 0.266. The van der Waals surface area contributed by atoms with E-state index in [4.69, 9.17) is 4.98 Å². The molecule has 1 saturated heterocycles. The topological polar surface area (TPSA) is 69.5 Å². The molecular formula is C26H30N6O. The summed E-state index contributed by atoms with van der Waals surface area (Å²) in [4.78, 5) is 22.2. The second kappa shape index (κ2) is 9.19. The lowest BCUT2D eigenvalue weighted by atomic mass is 9.92. The minimum atomic E-state index is 0.0114. The number of imidazole rings is 1. The number of aromatic amines is 1. The van der Waals surface area contributed by atoms with Crippen LogP contribution in [0.25, 0.3) is 5.65 Å². The van der Waals surface area contributed by atoms with Crippen LogP contribution >= 0.6 is 0 Å². The van der Waals surface area contributed by atoms with Gasteiger partial charge in [0.2, 0.25) is 0 Å². The van der Waals surface area contributed by atoms with Gasteiger partial charge in [-0.1, -0.05) is 36.4 Å². The molecule has 4 heterocycles. The van der Waals surface area contributed by atoms with Gasteiger partial charge >= 0.3 is 0 Å². The van der Waals surface area contributed by atoms with Gasteiger partial charge in [0.15, 0.2) is 0 Å². The maximum Gasteiger partial charge on any atom is 0.257 e. The average Bonchev–Trinajstić information content (AvgIpc) is 3.44. The number of aromatic nitrogens is 4. The molecule has 0 saturated carbocycles. The monoisotopic (exact) mass is 442 g/mol. The van der Waals surface area contributed by atoms with Crippen LogP contribution in [0, 0.1) is 6.92 Å². The second-order valence-electron chi connectivity index (χ2n) is 8.99. The molecule has 0 bridgehead atoms. The van der Waals surface area contributed by atoms with Crippen LogP contribution in [0.1, 0.15) is 51.8 Å². The zero-order valence-corrected chi connectivity index (χ0v) is 19.2. The summed E-state index contributed by atoms with van der Waals surface area (Å²) in [5.41, 5.74) is 6.05. The van der Waals surface area contributed by atoms with E-state index in [0.717, 1.165) is 55.1 Å². The largest absolute Gasteiger partial charge is 0.337 e. The van der Waals surface area contributed by atoms with Crippen molar-refractivity contribution in [2.75, 3.05) is 20.1 Å². The van der Waals surface area contributed by atoms with Crippen LogP contribution < -0.4 is 0 Å². The van der Waals surface area contributed by atoms with E-state index in [1.165, 1.54) is 5.69 Å².